The van der Waals surface area contributed by atoms with Crippen LogP contribution in [0.15, 0.2) is 18.2 Å². The largest absolute Gasteiger partial charge is 0.489 e. The van der Waals surface area contributed by atoms with Gasteiger partial charge in [0.1, 0.15) is 6.61 Å². The van der Waals surface area contributed by atoms with Gasteiger partial charge in [0.05, 0.1) is 0 Å². The number of likely N-dealkylation sites (tertiary alicyclic amines) is 1. The summed E-state index contributed by atoms with van der Waals surface area (Å²) in [6.45, 7) is 9.78. The van der Waals surface area contributed by atoms with Gasteiger partial charge in [0, 0.05) is 6.54 Å². The van der Waals surface area contributed by atoms with E-state index in [1.807, 2.05) is 32.9 Å². The van der Waals surface area contributed by atoms with E-state index in [9.17, 15) is 4.39 Å². The average Bonchev–Trinajstić information content (AvgIpc) is 2.83. The van der Waals surface area contributed by atoms with Gasteiger partial charge in [-0.25, -0.2) is 4.39 Å². The van der Waals surface area contributed by atoms with Crippen LogP contribution in [0.4, 0.5) is 4.39 Å². The standard InChI is InChI=1S/C16H24FNO/c1-16(2,3)13-7-6-8-14(15(13)17)19-12-11-18-9-4-5-10-18/h6-8H,4-5,9-12H2,1-3H3. The molecule has 19 heavy (non-hydrogen) atoms. The molecule has 1 aliphatic heterocycles. The van der Waals surface area contributed by atoms with E-state index in [2.05, 4.69) is 4.90 Å². The van der Waals surface area contributed by atoms with Crippen molar-refractivity contribution in [3.05, 3.63) is 29.6 Å². The van der Waals surface area contributed by atoms with Gasteiger partial charge >= 0.3 is 0 Å². The minimum Gasteiger partial charge on any atom is -0.489 e. The zero-order valence-electron chi connectivity index (χ0n) is 12.2. The molecular formula is C16H24FNO. The van der Waals surface area contributed by atoms with Crippen molar-refractivity contribution in [3.8, 4) is 5.75 Å². The molecule has 1 aromatic carbocycles. The molecule has 1 fully saturated rings. The predicted octanol–water partition coefficient (Wildman–Crippen LogP) is 3.60. The Bertz CT molecular complexity index is 419. The van der Waals surface area contributed by atoms with E-state index in [-0.39, 0.29) is 11.2 Å². The van der Waals surface area contributed by atoms with Gasteiger partial charge in [0.25, 0.3) is 0 Å². The maximum Gasteiger partial charge on any atom is 0.168 e. The van der Waals surface area contributed by atoms with Crippen LogP contribution >= 0.6 is 0 Å². The van der Waals surface area contributed by atoms with Gasteiger partial charge in [0.15, 0.2) is 11.6 Å². The molecule has 0 radical (unpaired) electrons. The lowest BCUT2D eigenvalue weighted by atomic mass is 9.86. The molecule has 106 valence electrons. The van der Waals surface area contributed by atoms with Gasteiger partial charge < -0.3 is 4.74 Å². The summed E-state index contributed by atoms with van der Waals surface area (Å²) in [7, 11) is 0. The summed E-state index contributed by atoms with van der Waals surface area (Å²) >= 11 is 0. The fourth-order valence-electron chi connectivity index (χ4n) is 2.49. The van der Waals surface area contributed by atoms with Crippen molar-refractivity contribution < 1.29 is 9.13 Å². The Morgan fingerprint density at radius 3 is 2.53 bits per heavy atom. The molecule has 2 rings (SSSR count). The fourth-order valence-corrected chi connectivity index (χ4v) is 2.49. The van der Waals surface area contributed by atoms with Crippen molar-refractivity contribution in [1.29, 1.82) is 0 Å². The van der Waals surface area contributed by atoms with E-state index >= 15 is 0 Å². The summed E-state index contributed by atoms with van der Waals surface area (Å²) in [5.74, 6) is 0.169. The van der Waals surface area contributed by atoms with Crippen LogP contribution in [-0.2, 0) is 5.41 Å². The molecule has 0 bridgehead atoms. The van der Waals surface area contributed by atoms with E-state index in [1.54, 1.807) is 6.07 Å². The van der Waals surface area contributed by atoms with Gasteiger partial charge in [-0.3, -0.25) is 4.90 Å². The average molecular weight is 265 g/mol. The number of nitrogens with zero attached hydrogens (tertiary/aromatic N) is 1. The molecule has 1 aliphatic rings. The molecular weight excluding hydrogens is 241 g/mol. The van der Waals surface area contributed by atoms with Crippen molar-refractivity contribution in [3.63, 3.8) is 0 Å². The summed E-state index contributed by atoms with van der Waals surface area (Å²) in [6.07, 6.45) is 2.54. The van der Waals surface area contributed by atoms with Crippen LogP contribution in [0.2, 0.25) is 0 Å². The van der Waals surface area contributed by atoms with Crippen LogP contribution in [-0.4, -0.2) is 31.1 Å². The third kappa shape index (κ3) is 3.69. The molecule has 3 heteroatoms. The van der Waals surface area contributed by atoms with Crippen molar-refractivity contribution in [2.75, 3.05) is 26.2 Å². The summed E-state index contributed by atoms with van der Waals surface area (Å²) in [4.78, 5) is 2.37. The van der Waals surface area contributed by atoms with E-state index < -0.39 is 0 Å². The maximum atomic E-state index is 14.3. The first-order valence-electron chi connectivity index (χ1n) is 7.12. The maximum absolute atomic E-state index is 14.3. The van der Waals surface area contributed by atoms with E-state index in [0.29, 0.717) is 17.9 Å². The first kappa shape index (κ1) is 14.3. The van der Waals surface area contributed by atoms with Crippen LogP contribution in [0.5, 0.6) is 5.75 Å². The molecule has 1 aromatic rings. The second-order valence-corrected chi connectivity index (χ2v) is 6.26. The Kier molecular flexibility index (Phi) is 4.46. The summed E-state index contributed by atoms with van der Waals surface area (Å²) in [6, 6.07) is 5.42. The second-order valence-electron chi connectivity index (χ2n) is 6.26. The SMILES string of the molecule is CC(C)(C)c1cccc(OCCN2CCCC2)c1F. The number of benzene rings is 1. The van der Waals surface area contributed by atoms with Crippen molar-refractivity contribution >= 4 is 0 Å². The first-order valence-corrected chi connectivity index (χ1v) is 7.12. The first-order chi connectivity index (χ1) is 8.98. The molecule has 1 heterocycles. The number of hydrogen-bond acceptors (Lipinski definition) is 2. The second kappa shape index (κ2) is 5.91. The Labute approximate surface area is 115 Å². The number of rotatable bonds is 4. The predicted molar refractivity (Wildman–Crippen MR) is 76.3 cm³/mol. The highest BCUT2D eigenvalue weighted by molar-refractivity contribution is 5.35. The number of hydrogen-bond donors (Lipinski definition) is 0. The molecule has 0 atom stereocenters. The van der Waals surface area contributed by atoms with Gasteiger partial charge in [-0.1, -0.05) is 32.9 Å². The summed E-state index contributed by atoms with van der Waals surface area (Å²) < 4.78 is 19.9. The van der Waals surface area contributed by atoms with Gasteiger partial charge in [-0.05, 0) is 43.0 Å². The molecule has 0 unspecified atom stereocenters. The van der Waals surface area contributed by atoms with Crippen molar-refractivity contribution in [2.45, 2.75) is 39.0 Å². The fraction of sp³-hybridized carbons (Fsp3) is 0.625. The van der Waals surface area contributed by atoms with Crippen LogP contribution in [0.25, 0.3) is 0 Å². The third-order valence-corrected chi connectivity index (χ3v) is 3.64. The normalized spacial score (nSPS) is 16.8. The molecule has 0 amide bonds. The Hall–Kier alpha value is -1.09. The highest BCUT2D eigenvalue weighted by atomic mass is 19.1. The Morgan fingerprint density at radius 2 is 1.89 bits per heavy atom. The molecule has 1 saturated heterocycles. The van der Waals surface area contributed by atoms with Crippen LogP contribution < -0.4 is 4.74 Å². The lowest BCUT2D eigenvalue weighted by molar-refractivity contribution is 0.230. The lowest BCUT2D eigenvalue weighted by Gasteiger charge is -2.21. The van der Waals surface area contributed by atoms with Crippen LogP contribution in [0.3, 0.4) is 0 Å². The van der Waals surface area contributed by atoms with Crippen molar-refractivity contribution in [2.24, 2.45) is 0 Å². The highest BCUT2D eigenvalue weighted by Gasteiger charge is 2.21. The molecule has 0 saturated carbocycles. The molecule has 0 aromatic heterocycles. The molecule has 2 nitrogen and oxygen atoms in total. The van der Waals surface area contributed by atoms with E-state index in [1.165, 1.54) is 12.8 Å². The van der Waals surface area contributed by atoms with Gasteiger partial charge in [-0.2, -0.15) is 0 Å². The number of halogens is 1. The number of ether oxygens (including phenoxy) is 1. The van der Waals surface area contributed by atoms with E-state index in [0.717, 1.165) is 19.6 Å². The van der Waals surface area contributed by atoms with Gasteiger partial charge in [0.2, 0.25) is 0 Å². The van der Waals surface area contributed by atoms with Crippen molar-refractivity contribution in [1.82, 2.24) is 4.90 Å². The third-order valence-electron chi connectivity index (χ3n) is 3.64. The van der Waals surface area contributed by atoms with Crippen LogP contribution in [0, 0.1) is 5.82 Å². The monoisotopic (exact) mass is 265 g/mol. The minimum absolute atomic E-state index is 0.196. The molecule has 0 aliphatic carbocycles. The quantitative estimate of drug-likeness (QED) is 0.824. The molecule has 0 N–H and O–H groups in total. The zero-order chi connectivity index (χ0) is 13.9. The topological polar surface area (TPSA) is 12.5 Å². The highest BCUT2D eigenvalue weighted by Crippen LogP contribution is 2.30. The Morgan fingerprint density at radius 1 is 1.21 bits per heavy atom. The molecule has 0 spiro atoms. The zero-order valence-corrected chi connectivity index (χ0v) is 12.2. The van der Waals surface area contributed by atoms with E-state index in [4.69, 9.17) is 4.74 Å². The summed E-state index contributed by atoms with van der Waals surface area (Å²) in [5, 5.41) is 0. The summed E-state index contributed by atoms with van der Waals surface area (Å²) in [5.41, 5.74) is 0.518. The minimum atomic E-state index is -0.212. The smallest absolute Gasteiger partial charge is 0.168 e. The van der Waals surface area contributed by atoms with Gasteiger partial charge in [-0.15, -0.1) is 0 Å². The van der Waals surface area contributed by atoms with Crippen LogP contribution in [0.1, 0.15) is 39.2 Å². The lowest BCUT2D eigenvalue weighted by Crippen LogP contribution is -2.25. The Balaban J connectivity index is 1.96.